The number of rotatable bonds is 4. The molecule has 0 spiro atoms. The molecule has 5 nitrogen and oxygen atoms in total. The molecular formula is C20H21ClN4OS2. The molecule has 1 aliphatic heterocycles. The van der Waals surface area contributed by atoms with E-state index in [1.54, 1.807) is 28.7 Å². The van der Waals surface area contributed by atoms with E-state index in [0.29, 0.717) is 18.1 Å². The number of anilines is 1. The highest BCUT2D eigenvalue weighted by atomic mass is 35.5. The third-order valence-electron chi connectivity index (χ3n) is 4.79. The second-order valence-electron chi connectivity index (χ2n) is 6.81. The van der Waals surface area contributed by atoms with Crippen molar-refractivity contribution >= 4 is 46.0 Å². The lowest BCUT2D eigenvalue weighted by molar-refractivity contribution is 0.142. The van der Waals surface area contributed by atoms with Crippen LogP contribution in [-0.4, -0.2) is 47.0 Å². The number of carbonyl (C=O) groups is 1. The number of nitrogens with one attached hydrogen (secondary N) is 1. The van der Waals surface area contributed by atoms with Crippen molar-refractivity contribution in [3.8, 4) is 10.6 Å². The first-order valence-electron chi connectivity index (χ1n) is 9.10. The average Bonchev–Trinajstić information content (AvgIpc) is 3.37. The number of piperazine rings is 1. The predicted molar refractivity (Wildman–Crippen MR) is 117 cm³/mol. The quantitative estimate of drug-likeness (QED) is 0.617. The Kier molecular flexibility index (Phi) is 5.96. The van der Waals surface area contributed by atoms with E-state index < -0.39 is 0 Å². The van der Waals surface area contributed by atoms with Crippen molar-refractivity contribution in [2.24, 2.45) is 0 Å². The van der Waals surface area contributed by atoms with Gasteiger partial charge in [-0.3, -0.25) is 4.90 Å². The Morgan fingerprint density at radius 2 is 2.04 bits per heavy atom. The maximum Gasteiger partial charge on any atom is 0.321 e. The number of hydrogen-bond acceptors (Lipinski definition) is 5. The third kappa shape index (κ3) is 4.55. The SMILES string of the molecule is Cc1ccc(NC(=O)N2CCN(Cc3csc(-c4ccsc4)n3)CC2)cc1Cl. The minimum absolute atomic E-state index is 0.0760. The lowest BCUT2D eigenvalue weighted by Crippen LogP contribution is -2.49. The fourth-order valence-corrected chi connectivity index (χ4v) is 4.81. The third-order valence-corrected chi connectivity index (χ3v) is 6.82. The van der Waals surface area contributed by atoms with Crippen LogP contribution in [-0.2, 0) is 6.54 Å². The molecule has 28 heavy (non-hydrogen) atoms. The summed E-state index contributed by atoms with van der Waals surface area (Å²) >= 11 is 9.52. The van der Waals surface area contributed by atoms with Gasteiger partial charge in [0.15, 0.2) is 0 Å². The van der Waals surface area contributed by atoms with Gasteiger partial charge in [0.05, 0.1) is 5.69 Å². The van der Waals surface area contributed by atoms with Crippen LogP contribution in [0.2, 0.25) is 5.02 Å². The molecule has 1 aliphatic rings. The highest BCUT2D eigenvalue weighted by Gasteiger charge is 2.22. The number of carbonyl (C=O) groups excluding carboxylic acids is 1. The Balaban J connectivity index is 1.28. The molecule has 1 saturated heterocycles. The molecule has 146 valence electrons. The highest BCUT2D eigenvalue weighted by Crippen LogP contribution is 2.26. The molecule has 2 aromatic heterocycles. The van der Waals surface area contributed by atoms with Gasteiger partial charge < -0.3 is 10.2 Å². The molecule has 1 aromatic carbocycles. The highest BCUT2D eigenvalue weighted by molar-refractivity contribution is 7.14. The lowest BCUT2D eigenvalue weighted by Gasteiger charge is -2.34. The van der Waals surface area contributed by atoms with Crippen molar-refractivity contribution < 1.29 is 4.79 Å². The summed E-state index contributed by atoms with van der Waals surface area (Å²) in [6.07, 6.45) is 0. The molecule has 0 saturated carbocycles. The summed E-state index contributed by atoms with van der Waals surface area (Å²) in [6, 6.07) is 7.61. The maximum atomic E-state index is 12.5. The van der Waals surface area contributed by atoms with Crippen LogP contribution in [0, 0.1) is 6.92 Å². The first kappa shape index (κ1) is 19.4. The predicted octanol–water partition coefficient (Wildman–Crippen LogP) is 5.18. The van der Waals surface area contributed by atoms with Gasteiger partial charge in [0.2, 0.25) is 0 Å². The maximum absolute atomic E-state index is 12.5. The van der Waals surface area contributed by atoms with Gasteiger partial charge in [0, 0.05) is 59.8 Å². The number of urea groups is 1. The largest absolute Gasteiger partial charge is 0.322 e. The van der Waals surface area contributed by atoms with Gasteiger partial charge in [-0.2, -0.15) is 11.3 Å². The van der Waals surface area contributed by atoms with Crippen LogP contribution in [0.15, 0.2) is 40.4 Å². The van der Waals surface area contributed by atoms with E-state index in [4.69, 9.17) is 16.6 Å². The zero-order valence-corrected chi connectivity index (χ0v) is 17.9. The van der Waals surface area contributed by atoms with E-state index in [-0.39, 0.29) is 6.03 Å². The molecule has 0 radical (unpaired) electrons. The van der Waals surface area contributed by atoms with Gasteiger partial charge in [0.25, 0.3) is 0 Å². The fraction of sp³-hybridized carbons (Fsp3) is 0.300. The standard InChI is InChI=1S/C20H21ClN4OS2/c1-14-2-3-16(10-18(14)21)23-20(26)25-7-5-24(6-8-25)11-17-13-28-19(22-17)15-4-9-27-12-15/h2-4,9-10,12-13H,5-8,11H2,1H3,(H,23,26). The summed E-state index contributed by atoms with van der Waals surface area (Å²) in [7, 11) is 0. The number of thiophene rings is 1. The van der Waals surface area contributed by atoms with Crippen LogP contribution in [0.1, 0.15) is 11.3 Å². The smallest absolute Gasteiger partial charge is 0.321 e. The van der Waals surface area contributed by atoms with E-state index in [1.807, 2.05) is 24.0 Å². The number of aromatic nitrogens is 1. The van der Waals surface area contributed by atoms with Crippen LogP contribution < -0.4 is 5.32 Å². The molecular weight excluding hydrogens is 412 g/mol. The summed E-state index contributed by atoms with van der Waals surface area (Å²) in [4.78, 5) is 21.5. The fourth-order valence-electron chi connectivity index (χ4n) is 3.11. The van der Waals surface area contributed by atoms with Crippen molar-refractivity contribution in [1.29, 1.82) is 0 Å². The summed E-state index contributed by atoms with van der Waals surface area (Å²) in [6.45, 7) is 5.85. The van der Waals surface area contributed by atoms with E-state index in [2.05, 4.69) is 32.4 Å². The zero-order valence-electron chi connectivity index (χ0n) is 15.5. The van der Waals surface area contributed by atoms with Crippen molar-refractivity contribution in [3.63, 3.8) is 0 Å². The Labute approximate surface area is 177 Å². The normalized spacial score (nSPS) is 15.0. The molecule has 0 atom stereocenters. The first-order chi connectivity index (χ1) is 13.6. The van der Waals surface area contributed by atoms with Gasteiger partial charge in [-0.15, -0.1) is 11.3 Å². The second-order valence-corrected chi connectivity index (χ2v) is 8.86. The molecule has 3 aromatic rings. The number of halogens is 1. The van der Waals surface area contributed by atoms with E-state index in [1.165, 1.54) is 5.56 Å². The van der Waals surface area contributed by atoms with Gasteiger partial charge >= 0.3 is 6.03 Å². The summed E-state index contributed by atoms with van der Waals surface area (Å²) in [5.74, 6) is 0. The van der Waals surface area contributed by atoms with Crippen molar-refractivity contribution in [2.75, 3.05) is 31.5 Å². The number of amides is 2. The summed E-state index contributed by atoms with van der Waals surface area (Å²) < 4.78 is 0. The van der Waals surface area contributed by atoms with Crippen LogP contribution in [0.5, 0.6) is 0 Å². The number of aryl methyl sites for hydroxylation is 1. The Morgan fingerprint density at radius 3 is 2.75 bits per heavy atom. The lowest BCUT2D eigenvalue weighted by atomic mass is 10.2. The van der Waals surface area contributed by atoms with Crippen molar-refractivity contribution in [1.82, 2.24) is 14.8 Å². The number of hydrogen-bond donors (Lipinski definition) is 1. The van der Waals surface area contributed by atoms with Gasteiger partial charge in [0.1, 0.15) is 5.01 Å². The van der Waals surface area contributed by atoms with E-state index in [0.717, 1.165) is 41.6 Å². The average molecular weight is 433 g/mol. The zero-order chi connectivity index (χ0) is 19.5. The van der Waals surface area contributed by atoms with Crippen LogP contribution in [0.4, 0.5) is 10.5 Å². The Hall–Kier alpha value is -1.93. The van der Waals surface area contributed by atoms with Gasteiger partial charge in [-0.05, 0) is 36.1 Å². The molecule has 1 fully saturated rings. The first-order valence-corrected chi connectivity index (χ1v) is 11.3. The molecule has 0 unspecified atom stereocenters. The monoisotopic (exact) mass is 432 g/mol. The molecule has 3 heterocycles. The molecule has 0 bridgehead atoms. The molecule has 4 rings (SSSR count). The van der Waals surface area contributed by atoms with Crippen LogP contribution in [0.3, 0.4) is 0 Å². The Bertz CT molecular complexity index is 949. The van der Waals surface area contributed by atoms with E-state index in [9.17, 15) is 4.79 Å². The summed E-state index contributed by atoms with van der Waals surface area (Å²) in [5.41, 5.74) is 4.02. The van der Waals surface area contributed by atoms with Crippen molar-refractivity contribution in [2.45, 2.75) is 13.5 Å². The van der Waals surface area contributed by atoms with E-state index >= 15 is 0 Å². The summed E-state index contributed by atoms with van der Waals surface area (Å²) in [5, 5.41) is 11.0. The minimum Gasteiger partial charge on any atom is -0.322 e. The molecule has 0 aliphatic carbocycles. The van der Waals surface area contributed by atoms with Crippen molar-refractivity contribution in [3.05, 3.63) is 56.7 Å². The topological polar surface area (TPSA) is 48.5 Å². The second kappa shape index (κ2) is 8.61. The molecule has 2 amide bonds. The molecule has 8 heteroatoms. The van der Waals surface area contributed by atoms with Gasteiger partial charge in [-0.25, -0.2) is 9.78 Å². The molecule has 1 N–H and O–H groups in total. The number of benzene rings is 1. The van der Waals surface area contributed by atoms with Crippen LogP contribution in [0.25, 0.3) is 10.6 Å². The van der Waals surface area contributed by atoms with Crippen LogP contribution >= 0.6 is 34.3 Å². The minimum atomic E-state index is -0.0760. The number of nitrogens with zero attached hydrogens (tertiary/aromatic N) is 3. The van der Waals surface area contributed by atoms with Gasteiger partial charge in [-0.1, -0.05) is 17.7 Å². The Morgan fingerprint density at radius 1 is 1.21 bits per heavy atom. The number of thiazole rings is 1.